The minimum absolute atomic E-state index is 0.123. The summed E-state index contributed by atoms with van der Waals surface area (Å²) in [5.74, 6) is -0.123. The summed E-state index contributed by atoms with van der Waals surface area (Å²) < 4.78 is 22.6. The fourth-order valence-electron chi connectivity index (χ4n) is 2.18. The van der Waals surface area contributed by atoms with Crippen molar-refractivity contribution in [3.8, 4) is 0 Å². The highest BCUT2D eigenvalue weighted by molar-refractivity contribution is 14.1. The van der Waals surface area contributed by atoms with E-state index in [1.807, 2.05) is 0 Å². The lowest BCUT2D eigenvalue weighted by molar-refractivity contribution is -0.145. The Morgan fingerprint density at radius 1 is 0.680 bits per heavy atom. The number of ether oxygens (including phenoxy) is 4. The minimum Gasteiger partial charge on any atom is -0.463 e. The molecule has 0 aliphatic rings. The van der Waals surface area contributed by atoms with Gasteiger partial charge in [0.15, 0.2) is 0 Å². The zero-order valence-electron chi connectivity index (χ0n) is 15.9. The summed E-state index contributed by atoms with van der Waals surface area (Å²) in [6.45, 7) is 6.04. The highest BCUT2D eigenvalue weighted by Gasteiger charge is 2.02. The molecule has 0 aliphatic carbocycles. The Morgan fingerprint density at radius 3 is 1.88 bits per heavy atom. The van der Waals surface area contributed by atoms with Crippen LogP contribution in [0.15, 0.2) is 0 Å². The molecule has 0 spiro atoms. The maximum Gasteiger partial charge on any atom is 0.305 e. The van der Waals surface area contributed by atoms with Gasteiger partial charge in [0.25, 0.3) is 0 Å². The molecule has 0 aliphatic heterocycles. The second-order valence-corrected chi connectivity index (χ2v) is 7.05. The van der Waals surface area contributed by atoms with Gasteiger partial charge in [-0.2, -0.15) is 0 Å². The van der Waals surface area contributed by atoms with Gasteiger partial charge >= 0.3 is 5.97 Å². The molecule has 6 heteroatoms. The van der Waals surface area contributed by atoms with Crippen molar-refractivity contribution in [2.24, 2.45) is 0 Å². The fraction of sp³-hybridized carbons (Fsp3) is 0.947. The van der Waals surface area contributed by atoms with Gasteiger partial charge in [0.05, 0.1) is 33.0 Å². The molecule has 0 rings (SSSR count). The van der Waals surface area contributed by atoms with Gasteiger partial charge in [-0.05, 0) is 23.7 Å². The first-order valence-corrected chi connectivity index (χ1v) is 11.3. The molecule has 0 bridgehead atoms. The Balaban J connectivity index is 3.08. The molecule has 0 aromatic carbocycles. The maximum atomic E-state index is 11.4. The van der Waals surface area contributed by atoms with Gasteiger partial charge in [0, 0.05) is 13.0 Å². The quantitative estimate of drug-likeness (QED) is 0.113. The first-order valence-electron chi connectivity index (χ1n) is 9.76. The van der Waals surface area contributed by atoms with Crippen molar-refractivity contribution in [3.63, 3.8) is 0 Å². The number of hydrogen-bond donors (Lipinski definition) is 0. The average molecular weight is 472 g/mol. The Hall–Kier alpha value is 0.0800. The van der Waals surface area contributed by atoms with Crippen molar-refractivity contribution < 1.29 is 23.7 Å². The Morgan fingerprint density at radius 2 is 1.24 bits per heavy atom. The number of hydrogen-bond acceptors (Lipinski definition) is 5. The summed E-state index contributed by atoms with van der Waals surface area (Å²) in [5, 5.41) is 0. The fourth-order valence-corrected chi connectivity index (χ4v) is 2.72. The van der Waals surface area contributed by atoms with E-state index in [-0.39, 0.29) is 5.97 Å². The van der Waals surface area contributed by atoms with Crippen molar-refractivity contribution in [2.45, 2.75) is 64.7 Å². The topological polar surface area (TPSA) is 54.0 Å². The van der Waals surface area contributed by atoms with Crippen LogP contribution in [0.2, 0.25) is 0 Å². The van der Waals surface area contributed by atoms with E-state index in [1.165, 1.54) is 36.5 Å². The molecule has 0 atom stereocenters. The third-order valence-corrected chi connectivity index (χ3v) is 4.40. The van der Waals surface area contributed by atoms with Gasteiger partial charge < -0.3 is 18.9 Å². The molecule has 0 aromatic heterocycles. The standard InChI is InChI=1S/C19H37IO5/c1-2-3-4-7-10-19(21)25-18-17-24-16-15-23-14-13-22-12-9-6-5-8-11-20/h2-18H2,1H3. The highest BCUT2D eigenvalue weighted by atomic mass is 127. The van der Waals surface area contributed by atoms with Crippen molar-refractivity contribution in [3.05, 3.63) is 0 Å². The number of carbonyl (C=O) groups is 1. The second-order valence-electron chi connectivity index (χ2n) is 5.97. The third-order valence-electron chi connectivity index (χ3n) is 3.64. The van der Waals surface area contributed by atoms with Crippen LogP contribution < -0.4 is 0 Å². The number of carbonyl (C=O) groups excluding carboxylic acids is 1. The van der Waals surface area contributed by atoms with E-state index >= 15 is 0 Å². The SMILES string of the molecule is CCCCCCC(=O)OCCOCCOCCOCCCCCCI. The van der Waals surface area contributed by atoms with Crippen LogP contribution in [0.5, 0.6) is 0 Å². The number of rotatable bonds is 20. The summed E-state index contributed by atoms with van der Waals surface area (Å²) in [6.07, 6.45) is 9.88. The summed E-state index contributed by atoms with van der Waals surface area (Å²) in [6, 6.07) is 0. The smallest absolute Gasteiger partial charge is 0.305 e. The predicted molar refractivity (Wildman–Crippen MR) is 110 cm³/mol. The van der Waals surface area contributed by atoms with Gasteiger partial charge in [0.1, 0.15) is 6.61 Å². The number of esters is 1. The molecule has 5 nitrogen and oxygen atoms in total. The number of unbranched alkanes of at least 4 members (excludes halogenated alkanes) is 6. The van der Waals surface area contributed by atoms with Gasteiger partial charge in [0.2, 0.25) is 0 Å². The summed E-state index contributed by atoms with van der Waals surface area (Å²) in [4.78, 5) is 11.4. The highest BCUT2D eigenvalue weighted by Crippen LogP contribution is 2.03. The van der Waals surface area contributed by atoms with E-state index < -0.39 is 0 Å². The lowest BCUT2D eigenvalue weighted by Gasteiger charge is -2.07. The van der Waals surface area contributed by atoms with Crippen molar-refractivity contribution in [2.75, 3.05) is 50.7 Å². The van der Waals surface area contributed by atoms with E-state index in [9.17, 15) is 4.79 Å². The maximum absolute atomic E-state index is 11.4. The molecule has 0 saturated heterocycles. The van der Waals surface area contributed by atoms with E-state index in [0.717, 1.165) is 25.9 Å². The van der Waals surface area contributed by atoms with Gasteiger partial charge in [-0.1, -0.05) is 61.6 Å². The molecular weight excluding hydrogens is 435 g/mol. The third kappa shape index (κ3) is 22.0. The normalized spacial score (nSPS) is 11.0. The number of halogens is 1. The molecule has 0 fully saturated rings. The molecule has 150 valence electrons. The minimum atomic E-state index is -0.123. The van der Waals surface area contributed by atoms with Crippen LogP contribution in [0.1, 0.15) is 64.7 Å². The molecule has 0 aromatic rings. The van der Waals surface area contributed by atoms with Crippen molar-refractivity contribution in [1.29, 1.82) is 0 Å². The van der Waals surface area contributed by atoms with Crippen LogP contribution in [0.25, 0.3) is 0 Å². The van der Waals surface area contributed by atoms with E-state index in [1.54, 1.807) is 0 Å². The van der Waals surface area contributed by atoms with Crippen LogP contribution in [-0.4, -0.2) is 56.6 Å². The largest absolute Gasteiger partial charge is 0.463 e. The van der Waals surface area contributed by atoms with E-state index in [0.29, 0.717) is 46.1 Å². The predicted octanol–water partition coefficient (Wildman–Crippen LogP) is 4.55. The first kappa shape index (κ1) is 25.1. The van der Waals surface area contributed by atoms with Crippen LogP contribution >= 0.6 is 22.6 Å². The molecule has 25 heavy (non-hydrogen) atoms. The molecule has 0 heterocycles. The molecular formula is C19H37IO5. The lowest BCUT2D eigenvalue weighted by atomic mass is 10.2. The molecule has 0 saturated carbocycles. The zero-order valence-corrected chi connectivity index (χ0v) is 18.1. The van der Waals surface area contributed by atoms with E-state index in [4.69, 9.17) is 18.9 Å². The monoisotopic (exact) mass is 472 g/mol. The van der Waals surface area contributed by atoms with Crippen LogP contribution in [0.4, 0.5) is 0 Å². The molecule has 0 N–H and O–H groups in total. The Labute approximate surface area is 167 Å². The van der Waals surface area contributed by atoms with Crippen LogP contribution in [-0.2, 0) is 23.7 Å². The molecule has 0 amide bonds. The average Bonchev–Trinajstić information content (AvgIpc) is 2.62. The van der Waals surface area contributed by atoms with Crippen molar-refractivity contribution in [1.82, 2.24) is 0 Å². The molecule has 0 radical (unpaired) electrons. The second kappa shape index (κ2) is 22.1. The Bertz CT molecular complexity index is 277. The van der Waals surface area contributed by atoms with Crippen LogP contribution in [0, 0.1) is 0 Å². The zero-order chi connectivity index (χ0) is 18.4. The van der Waals surface area contributed by atoms with Gasteiger partial charge in [-0.3, -0.25) is 4.79 Å². The lowest BCUT2D eigenvalue weighted by Crippen LogP contribution is -2.14. The van der Waals surface area contributed by atoms with E-state index in [2.05, 4.69) is 29.5 Å². The summed E-state index contributed by atoms with van der Waals surface area (Å²) in [5.41, 5.74) is 0. The summed E-state index contributed by atoms with van der Waals surface area (Å²) in [7, 11) is 0. The Kier molecular flexibility index (Phi) is 22.2. The van der Waals surface area contributed by atoms with Gasteiger partial charge in [-0.15, -0.1) is 0 Å². The van der Waals surface area contributed by atoms with Crippen LogP contribution in [0.3, 0.4) is 0 Å². The molecule has 0 unspecified atom stereocenters. The van der Waals surface area contributed by atoms with Gasteiger partial charge in [-0.25, -0.2) is 0 Å². The number of alkyl halides is 1. The van der Waals surface area contributed by atoms with Crippen molar-refractivity contribution >= 4 is 28.6 Å². The first-order chi connectivity index (χ1) is 12.3. The summed E-state index contributed by atoms with van der Waals surface area (Å²) >= 11 is 2.41.